The Morgan fingerprint density at radius 2 is 1.88 bits per heavy atom. The predicted molar refractivity (Wildman–Crippen MR) is 98.2 cm³/mol. The van der Waals surface area contributed by atoms with Crippen molar-refractivity contribution in [3.63, 3.8) is 0 Å². The van der Waals surface area contributed by atoms with Crippen molar-refractivity contribution in [1.82, 2.24) is 10.2 Å². The number of ether oxygens (including phenoxy) is 2. The Morgan fingerprint density at radius 1 is 1.21 bits per heavy atom. The first-order valence-electron chi connectivity index (χ1n) is 8.15. The van der Waals surface area contributed by atoms with Gasteiger partial charge in [0.15, 0.2) is 11.6 Å². The maximum atomic E-state index is 14.2. The number of hydrogen-bond donors (Lipinski definition) is 1. The number of nitrogens with one attached hydrogen (secondary N) is 1. The van der Waals surface area contributed by atoms with Crippen LogP contribution >= 0.6 is 24.8 Å². The molecule has 0 aliphatic carbocycles. The van der Waals surface area contributed by atoms with Gasteiger partial charge in [-0.15, -0.1) is 24.8 Å². The van der Waals surface area contributed by atoms with Crippen molar-refractivity contribution >= 4 is 24.8 Å². The van der Waals surface area contributed by atoms with Gasteiger partial charge in [-0.1, -0.05) is 6.07 Å². The lowest BCUT2D eigenvalue weighted by molar-refractivity contribution is 0.0212. The van der Waals surface area contributed by atoms with E-state index in [2.05, 4.69) is 10.2 Å². The highest BCUT2D eigenvalue weighted by molar-refractivity contribution is 5.85. The van der Waals surface area contributed by atoms with E-state index in [1.807, 2.05) is 6.07 Å². The molecule has 0 amide bonds. The van der Waals surface area contributed by atoms with Crippen molar-refractivity contribution in [1.29, 1.82) is 0 Å². The van der Waals surface area contributed by atoms with Crippen LogP contribution in [0.5, 0.6) is 5.75 Å². The Bertz CT molecular complexity index is 477. The number of rotatable bonds is 4. The zero-order valence-corrected chi connectivity index (χ0v) is 15.6. The van der Waals surface area contributed by atoms with E-state index < -0.39 is 0 Å². The van der Waals surface area contributed by atoms with Crippen molar-refractivity contribution in [2.24, 2.45) is 5.92 Å². The lowest BCUT2D eigenvalue weighted by Gasteiger charge is -2.41. The van der Waals surface area contributed by atoms with Crippen LogP contribution in [-0.2, 0) is 4.74 Å². The Hall–Kier alpha value is -0.590. The number of benzene rings is 1. The van der Waals surface area contributed by atoms with Crippen LogP contribution in [0.3, 0.4) is 0 Å². The third kappa shape index (κ3) is 4.96. The summed E-state index contributed by atoms with van der Waals surface area (Å²) in [7, 11) is 1.50. The molecule has 2 aliphatic rings. The zero-order valence-electron chi connectivity index (χ0n) is 14.0. The lowest BCUT2D eigenvalue weighted by atomic mass is 9.85. The van der Waals surface area contributed by atoms with Gasteiger partial charge in [-0.05, 0) is 36.5 Å². The van der Waals surface area contributed by atoms with Gasteiger partial charge in [0.25, 0.3) is 0 Å². The van der Waals surface area contributed by atoms with Crippen molar-refractivity contribution in [2.75, 3.05) is 46.5 Å². The lowest BCUT2D eigenvalue weighted by Crippen LogP contribution is -2.47. The molecule has 2 heterocycles. The largest absolute Gasteiger partial charge is 0.494 e. The summed E-state index contributed by atoms with van der Waals surface area (Å²) in [5.74, 6) is 0.571. The highest BCUT2D eigenvalue weighted by Crippen LogP contribution is 2.36. The molecule has 0 aromatic heterocycles. The van der Waals surface area contributed by atoms with Crippen LogP contribution in [0.4, 0.5) is 4.39 Å². The summed E-state index contributed by atoms with van der Waals surface area (Å²) in [4.78, 5) is 2.49. The van der Waals surface area contributed by atoms with Crippen LogP contribution in [0.15, 0.2) is 18.2 Å². The number of piperazine rings is 1. The monoisotopic (exact) mass is 380 g/mol. The van der Waals surface area contributed by atoms with Crippen LogP contribution < -0.4 is 10.1 Å². The van der Waals surface area contributed by atoms with Gasteiger partial charge >= 0.3 is 0 Å². The maximum absolute atomic E-state index is 14.2. The van der Waals surface area contributed by atoms with Gasteiger partial charge in [-0.3, -0.25) is 4.90 Å². The van der Waals surface area contributed by atoms with E-state index in [-0.39, 0.29) is 36.7 Å². The van der Waals surface area contributed by atoms with Crippen molar-refractivity contribution in [3.8, 4) is 5.75 Å². The summed E-state index contributed by atoms with van der Waals surface area (Å²) < 4.78 is 24.7. The average Bonchev–Trinajstić information content (AvgIpc) is 2.57. The molecular weight excluding hydrogens is 354 g/mol. The third-order valence-electron chi connectivity index (χ3n) is 4.77. The molecular formula is C17H27Cl2FN2O2. The zero-order chi connectivity index (χ0) is 15.4. The third-order valence-corrected chi connectivity index (χ3v) is 4.77. The van der Waals surface area contributed by atoms with Gasteiger partial charge in [0.1, 0.15) is 0 Å². The molecule has 0 spiro atoms. The normalized spacial score (nSPS) is 20.6. The van der Waals surface area contributed by atoms with Crippen LogP contribution in [0.25, 0.3) is 0 Å². The predicted octanol–water partition coefficient (Wildman–Crippen LogP) is 3.05. The summed E-state index contributed by atoms with van der Waals surface area (Å²) in [6.45, 7) is 5.64. The second-order valence-corrected chi connectivity index (χ2v) is 6.07. The number of halogens is 3. The van der Waals surface area contributed by atoms with E-state index >= 15 is 0 Å². The summed E-state index contributed by atoms with van der Waals surface area (Å²) in [6.07, 6.45) is 2.09. The second kappa shape index (κ2) is 10.4. The van der Waals surface area contributed by atoms with Crippen LogP contribution in [0, 0.1) is 11.7 Å². The molecule has 138 valence electrons. The van der Waals surface area contributed by atoms with Crippen LogP contribution in [0.1, 0.15) is 24.4 Å². The molecule has 1 aromatic carbocycles. The van der Waals surface area contributed by atoms with Crippen LogP contribution in [0.2, 0.25) is 0 Å². The Labute approximate surface area is 155 Å². The van der Waals surface area contributed by atoms with E-state index in [0.717, 1.165) is 57.8 Å². The fraction of sp³-hybridized carbons (Fsp3) is 0.647. The summed E-state index contributed by atoms with van der Waals surface area (Å²) >= 11 is 0. The van der Waals surface area contributed by atoms with E-state index in [4.69, 9.17) is 9.47 Å². The first-order valence-corrected chi connectivity index (χ1v) is 8.15. The van der Waals surface area contributed by atoms with E-state index in [9.17, 15) is 4.39 Å². The molecule has 0 bridgehead atoms. The van der Waals surface area contributed by atoms with Crippen molar-refractivity contribution in [2.45, 2.75) is 18.9 Å². The molecule has 3 rings (SSSR count). The Balaban J connectivity index is 0.00000144. The van der Waals surface area contributed by atoms with Gasteiger partial charge < -0.3 is 14.8 Å². The number of methoxy groups -OCH3 is 1. The highest BCUT2D eigenvalue weighted by atomic mass is 35.5. The summed E-state index contributed by atoms with van der Waals surface area (Å²) in [5.41, 5.74) is 1.06. The molecule has 2 fully saturated rings. The molecule has 1 aromatic rings. The number of hydrogen-bond acceptors (Lipinski definition) is 4. The fourth-order valence-electron chi connectivity index (χ4n) is 3.64. The quantitative estimate of drug-likeness (QED) is 0.870. The number of nitrogens with zero attached hydrogens (tertiary/aromatic N) is 1. The minimum Gasteiger partial charge on any atom is -0.494 e. The molecule has 4 nitrogen and oxygen atoms in total. The Kier molecular flexibility index (Phi) is 9.31. The van der Waals surface area contributed by atoms with E-state index in [1.54, 1.807) is 12.1 Å². The molecule has 1 N–H and O–H groups in total. The van der Waals surface area contributed by atoms with Crippen LogP contribution in [-0.4, -0.2) is 51.4 Å². The van der Waals surface area contributed by atoms with Gasteiger partial charge in [-0.2, -0.15) is 0 Å². The van der Waals surface area contributed by atoms with Gasteiger partial charge in [0.2, 0.25) is 0 Å². The summed E-state index contributed by atoms with van der Waals surface area (Å²) in [5, 5.41) is 3.39. The molecule has 7 heteroatoms. The summed E-state index contributed by atoms with van der Waals surface area (Å²) in [6, 6.07) is 5.69. The van der Waals surface area contributed by atoms with E-state index in [0.29, 0.717) is 11.7 Å². The van der Waals surface area contributed by atoms with Crippen molar-refractivity contribution < 1.29 is 13.9 Å². The SMILES string of the molecule is COc1ccc([C@H](C2CCOCC2)N2CCNCC2)cc1F.Cl.Cl. The first-order chi connectivity index (χ1) is 10.8. The Morgan fingerprint density at radius 3 is 2.46 bits per heavy atom. The topological polar surface area (TPSA) is 33.7 Å². The minimum absolute atomic E-state index is 0. The van der Waals surface area contributed by atoms with Gasteiger partial charge in [0, 0.05) is 45.4 Å². The smallest absolute Gasteiger partial charge is 0.165 e. The standard InChI is InChI=1S/C17H25FN2O2.2ClH/c1-21-16-3-2-14(12-15(16)18)17(13-4-10-22-11-5-13)20-8-6-19-7-9-20;;/h2-3,12-13,17,19H,4-11H2,1H3;2*1H/t17-;;/m0../s1. The second-order valence-electron chi connectivity index (χ2n) is 6.07. The minimum atomic E-state index is -0.271. The van der Waals surface area contributed by atoms with E-state index in [1.165, 1.54) is 7.11 Å². The van der Waals surface area contributed by atoms with Gasteiger partial charge in [-0.25, -0.2) is 4.39 Å². The molecule has 24 heavy (non-hydrogen) atoms. The highest BCUT2D eigenvalue weighted by Gasteiger charge is 2.31. The van der Waals surface area contributed by atoms with Crippen molar-refractivity contribution in [3.05, 3.63) is 29.6 Å². The molecule has 2 saturated heterocycles. The molecule has 0 saturated carbocycles. The molecule has 1 atom stereocenters. The van der Waals surface area contributed by atoms with Gasteiger partial charge in [0.05, 0.1) is 7.11 Å². The first kappa shape index (κ1) is 21.5. The molecule has 2 aliphatic heterocycles. The maximum Gasteiger partial charge on any atom is 0.165 e. The molecule has 0 radical (unpaired) electrons. The molecule has 0 unspecified atom stereocenters. The average molecular weight is 381 g/mol. The fourth-order valence-corrected chi connectivity index (χ4v) is 3.64.